The molecule has 0 unspecified atom stereocenters. The summed E-state index contributed by atoms with van der Waals surface area (Å²) in [7, 11) is 0. The van der Waals surface area contributed by atoms with Gasteiger partial charge in [0.05, 0.1) is 5.69 Å². The number of hydrogen-bond donors (Lipinski definition) is 2. The van der Waals surface area contributed by atoms with Gasteiger partial charge >= 0.3 is 5.97 Å². The van der Waals surface area contributed by atoms with Crippen molar-refractivity contribution in [2.45, 2.75) is 6.54 Å². The van der Waals surface area contributed by atoms with Gasteiger partial charge in [0, 0.05) is 27.5 Å². The Hall–Kier alpha value is -1.40. The number of pyridine rings is 1. The number of hydrogen-bond acceptors (Lipinski definition) is 4. The highest BCUT2D eigenvalue weighted by molar-refractivity contribution is 9.10. The molecule has 6 heteroatoms. The van der Waals surface area contributed by atoms with Gasteiger partial charge in [-0.1, -0.05) is 0 Å². The highest BCUT2D eigenvalue weighted by Crippen LogP contribution is 2.21. The lowest BCUT2D eigenvalue weighted by atomic mass is 10.3. The van der Waals surface area contributed by atoms with Crippen LogP contribution >= 0.6 is 27.3 Å². The summed E-state index contributed by atoms with van der Waals surface area (Å²) >= 11 is 4.98. The number of carboxylic acid groups (broad SMARTS) is 1. The molecule has 2 aromatic heterocycles. The largest absolute Gasteiger partial charge is 0.476 e. The van der Waals surface area contributed by atoms with Crippen molar-refractivity contribution in [3.05, 3.63) is 44.8 Å². The van der Waals surface area contributed by atoms with Gasteiger partial charge in [-0.3, -0.25) is 0 Å². The zero-order valence-electron chi connectivity index (χ0n) is 8.68. The SMILES string of the molecule is O=C(O)c1ncccc1NCc1cc(Br)cs1. The van der Waals surface area contributed by atoms with E-state index in [4.69, 9.17) is 5.11 Å². The van der Waals surface area contributed by atoms with E-state index in [2.05, 4.69) is 26.2 Å². The zero-order valence-corrected chi connectivity index (χ0v) is 11.1. The molecule has 0 radical (unpaired) electrons. The van der Waals surface area contributed by atoms with Gasteiger partial charge in [0.2, 0.25) is 0 Å². The van der Waals surface area contributed by atoms with Gasteiger partial charge in [-0.05, 0) is 34.1 Å². The van der Waals surface area contributed by atoms with Gasteiger partial charge < -0.3 is 10.4 Å². The normalized spacial score (nSPS) is 10.2. The van der Waals surface area contributed by atoms with Crippen LogP contribution < -0.4 is 5.32 Å². The van der Waals surface area contributed by atoms with Gasteiger partial charge in [-0.2, -0.15) is 0 Å². The fraction of sp³-hybridized carbons (Fsp3) is 0.0909. The molecule has 0 spiro atoms. The summed E-state index contributed by atoms with van der Waals surface area (Å²) in [5.74, 6) is -1.03. The first-order chi connectivity index (χ1) is 8.16. The van der Waals surface area contributed by atoms with E-state index in [1.54, 1.807) is 23.5 Å². The average Bonchev–Trinajstić information content (AvgIpc) is 2.73. The van der Waals surface area contributed by atoms with Gasteiger partial charge in [-0.15, -0.1) is 11.3 Å². The Morgan fingerprint density at radius 2 is 2.41 bits per heavy atom. The molecule has 0 bridgehead atoms. The molecule has 0 saturated heterocycles. The van der Waals surface area contributed by atoms with Crippen LogP contribution in [0, 0.1) is 0 Å². The Bertz CT molecular complexity index is 542. The molecule has 0 aromatic carbocycles. The summed E-state index contributed by atoms with van der Waals surface area (Å²) in [5, 5.41) is 14.0. The summed E-state index contributed by atoms with van der Waals surface area (Å²) in [6.45, 7) is 0.586. The van der Waals surface area contributed by atoms with Crippen LogP contribution in [0.3, 0.4) is 0 Å². The molecule has 88 valence electrons. The number of carbonyl (C=O) groups is 1. The molecule has 0 aliphatic carbocycles. The molecule has 2 aromatic rings. The smallest absolute Gasteiger partial charge is 0.356 e. The van der Waals surface area contributed by atoms with E-state index < -0.39 is 5.97 Å². The molecule has 2 rings (SSSR count). The summed E-state index contributed by atoms with van der Waals surface area (Å²) in [6, 6.07) is 5.41. The van der Waals surface area contributed by atoms with Crippen LogP contribution in [0.1, 0.15) is 15.4 Å². The Labute approximate surface area is 110 Å². The number of thiophene rings is 1. The van der Waals surface area contributed by atoms with E-state index >= 15 is 0 Å². The van der Waals surface area contributed by atoms with E-state index in [0.29, 0.717) is 12.2 Å². The standard InChI is InChI=1S/C11H9BrN2O2S/c12-7-4-8(17-6-7)5-14-9-2-1-3-13-10(9)11(15)16/h1-4,6,14H,5H2,(H,15,16). The molecular formula is C11H9BrN2O2S. The van der Waals surface area contributed by atoms with Gasteiger partial charge in [0.25, 0.3) is 0 Å². The van der Waals surface area contributed by atoms with Crippen LogP contribution in [-0.2, 0) is 6.54 Å². The van der Waals surface area contributed by atoms with Crippen molar-refractivity contribution in [2.75, 3.05) is 5.32 Å². The average molecular weight is 313 g/mol. The van der Waals surface area contributed by atoms with Crippen molar-refractivity contribution in [3.8, 4) is 0 Å². The molecule has 0 aliphatic heterocycles. The van der Waals surface area contributed by atoms with Gasteiger partial charge in [-0.25, -0.2) is 9.78 Å². The second kappa shape index (κ2) is 5.29. The third-order valence-corrected chi connectivity index (χ3v) is 3.78. The highest BCUT2D eigenvalue weighted by atomic mass is 79.9. The molecule has 0 atom stereocenters. The lowest BCUT2D eigenvalue weighted by Gasteiger charge is -2.06. The molecule has 2 heterocycles. The molecule has 0 aliphatic rings. The monoisotopic (exact) mass is 312 g/mol. The first-order valence-electron chi connectivity index (χ1n) is 4.82. The van der Waals surface area contributed by atoms with Crippen LogP contribution in [0.2, 0.25) is 0 Å². The molecule has 2 N–H and O–H groups in total. The van der Waals surface area contributed by atoms with Crippen LogP contribution in [0.4, 0.5) is 5.69 Å². The lowest BCUT2D eigenvalue weighted by Crippen LogP contribution is -2.07. The fourth-order valence-corrected chi connectivity index (χ4v) is 2.74. The second-order valence-corrected chi connectivity index (χ2v) is 5.20. The quantitative estimate of drug-likeness (QED) is 0.910. The number of halogens is 1. The lowest BCUT2D eigenvalue weighted by molar-refractivity contribution is 0.0691. The number of anilines is 1. The van der Waals surface area contributed by atoms with E-state index in [0.717, 1.165) is 9.35 Å². The highest BCUT2D eigenvalue weighted by Gasteiger charge is 2.10. The minimum absolute atomic E-state index is 0.0446. The van der Waals surface area contributed by atoms with E-state index in [9.17, 15) is 4.79 Å². The van der Waals surface area contributed by atoms with E-state index in [-0.39, 0.29) is 5.69 Å². The maximum absolute atomic E-state index is 10.9. The minimum atomic E-state index is -1.03. The van der Waals surface area contributed by atoms with E-state index in [1.165, 1.54) is 6.20 Å². The molecule has 17 heavy (non-hydrogen) atoms. The third-order valence-electron chi connectivity index (χ3n) is 2.09. The predicted octanol–water partition coefficient (Wildman–Crippen LogP) is 3.22. The number of carboxylic acids is 1. The first kappa shape index (κ1) is 12.1. The molecular weight excluding hydrogens is 304 g/mol. The van der Waals surface area contributed by atoms with Crippen molar-refractivity contribution < 1.29 is 9.90 Å². The van der Waals surface area contributed by atoms with Gasteiger partial charge in [0.15, 0.2) is 5.69 Å². The summed E-state index contributed by atoms with van der Waals surface area (Å²) < 4.78 is 1.03. The molecule has 0 amide bonds. The maximum atomic E-state index is 10.9. The second-order valence-electron chi connectivity index (χ2n) is 3.29. The van der Waals surface area contributed by atoms with E-state index in [1.807, 2.05) is 11.4 Å². The topological polar surface area (TPSA) is 62.2 Å². The van der Waals surface area contributed by atoms with Crippen molar-refractivity contribution in [2.24, 2.45) is 0 Å². The Kier molecular flexibility index (Phi) is 3.75. The maximum Gasteiger partial charge on any atom is 0.356 e. The molecule has 0 saturated carbocycles. The third kappa shape index (κ3) is 3.04. The van der Waals surface area contributed by atoms with Crippen LogP contribution in [0.5, 0.6) is 0 Å². The summed E-state index contributed by atoms with van der Waals surface area (Å²) in [4.78, 5) is 15.9. The predicted molar refractivity (Wildman–Crippen MR) is 70.5 cm³/mol. The summed E-state index contributed by atoms with van der Waals surface area (Å²) in [5.41, 5.74) is 0.577. The number of nitrogens with one attached hydrogen (secondary N) is 1. The van der Waals surface area contributed by atoms with Crippen LogP contribution in [-0.4, -0.2) is 16.1 Å². The Balaban J connectivity index is 2.11. The zero-order chi connectivity index (χ0) is 12.3. The number of aromatic nitrogens is 1. The van der Waals surface area contributed by atoms with Crippen molar-refractivity contribution in [3.63, 3.8) is 0 Å². The number of rotatable bonds is 4. The minimum Gasteiger partial charge on any atom is -0.476 e. The van der Waals surface area contributed by atoms with Crippen molar-refractivity contribution in [1.29, 1.82) is 0 Å². The fourth-order valence-electron chi connectivity index (χ4n) is 1.35. The van der Waals surface area contributed by atoms with Crippen LogP contribution in [0.15, 0.2) is 34.2 Å². The van der Waals surface area contributed by atoms with Crippen LogP contribution in [0.25, 0.3) is 0 Å². The molecule has 0 fully saturated rings. The van der Waals surface area contributed by atoms with Crippen molar-refractivity contribution >= 4 is 38.9 Å². The summed E-state index contributed by atoms with van der Waals surface area (Å²) in [6.07, 6.45) is 1.47. The molecule has 4 nitrogen and oxygen atoms in total. The Morgan fingerprint density at radius 3 is 3.06 bits per heavy atom. The van der Waals surface area contributed by atoms with Gasteiger partial charge in [0.1, 0.15) is 0 Å². The number of nitrogens with zero attached hydrogens (tertiary/aromatic N) is 1. The number of aromatic carboxylic acids is 1. The first-order valence-corrected chi connectivity index (χ1v) is 6.49. The van der Waals surface area contributed by atoms with Crippen molar-refractivity contribution in [1.82, 2.24) is 4.98 Å². The Morgan fingerprint density at radius 1 is 1.59 bits per heavy atom.